The molecule has 45 heavy (non-hydrogen) atoms. The maximum Gasteiger partial charge on any atom is 0.0644 e. The maximum atomic E-state index is 6.24. The molecular formula is C42H87NO2. The van der Waals surface area contributed by atoms with E-state index in [0.717, 1.165) is 31.9 Å². The molecule has 0 saturated carbocycles. The lowest BCUT2D eigenvalue weighted by Crippen LogP contribution is -2.31. The number of rotatable bonds is 37. The van der Waals surface area contributed by atoms with E-state index in [-0.39, 0.29) is 11.2 Å². The van der Waals surface area contributed by atoms with Gasteiger partial charge in [-0.1, -0.05) is 168 Å². The average Bonchev–Trinajstić information content (AvgIpc) is 3.01. The number of hydrogen-bond acceptors (Lipinski definition) is 3. The highest BCUT2D eigenvalue weighted by atomic mass is 16.5. The molecule has 1 N–H and O–H groups in total. The lowest BCUT2D eigenvalue weighted by Gasteiger charge is -2.29. The van der Waals surface area contributed by atoms with Crippen molar-refractivity contribution >= 4 is 0 Å². The minimum absolute atomic E-state index is 0.0605. The van der Waals surface area contributed by atoms with Gasteiger partial charge in [-0.2, -0.15) is 0 Å². The molecule has 3 nitrogen and oxygen atoms in total. The van der Waals surface area contributed by atoms with Crippen LogP contribution in [0, 0.1) is 5.92 Å². The van der Waals surface area contributed by atoms with Crippen LogP contribution >= 0.6 is 0 Å². The van der Waals surface area contributed by atoms with Crippen LogP contribution in [0.25, 0.3) is 0 Å². The lowest BCUT2D eigenvalue weighted by atomic mass is 9.93. The zero-order valence-electron chi connectivity index (χ0n) is 32.5. The molecule has 0 amide bonds. The zero-order valence-corrected chi connectivity index (χ0v) is 32.5. The third kappa shape index (κ3) is 33.6. The number of nitrogens with one attached hydrogen (secondary N) is 1. The molecule has 0 atom stereocenters. The minimum atomic E-state index is -0.103. The largest absolute Gasteiger partial charge is 0.379 e. The first-order valence-corrected chi connectivity index (χ1v) is 20.7. The van der Waals surface area contributed by atoms with E-state index in [9.17, 15) is 0 Å². The van der Waals surface area contributed by atoms with Crippen LogP contribution in [-0.2, 0) is 9.47 Å². The van der Waals surface area contributed by atoms with Crippen molar-refractivity contribution in [3.63, 3.8) is 0 Å². The molecule has 0 aromatic carbocycles. The standard InChI is InChI=1S/C42H87NO2/c1-8-10-12-14-16-18-20-22-24-26-28-30-33-40(34-31-29-27-25-23-21-19-17-15-13-11-9-2)39-43-37-32-35-42(5,6)45-38-36-41(3,4)44-7/h40,43H,8-39H2,1-7H3. The predicted molar refractivity (Wildman–Crippen MR) is 203 cm³/mol. The molecule has 0 bridgehead atoms. The molecule has 0 fully saturated rings. The fraction of sp³-hybridized carbons (Fsp3) is 1.00. The van der Waals surface area contributed by atoms with Crippen LogP contribution in [0.15, 0.2) is 0 Å². The molecule has 0 aromatic heterocycles. The molecular weight excluding hydrogens is 550 g/mol. The first-order valence-electron chi connectivity index (χ1n) is 20.7. The number of hydrogen-bond donors (Lipinski definition) is 1. The van der Waals surface area contributed by atoms with Crippen LogP contribution in [0.3, 0.4) is 0 Å². The Bertz CT molecular complexity index is 547. The molecule has 0 unspecified atom stereocenters. The molecule has 0 aliphatic rings. The van der Waals surface area contributed by atoms with E-state index in [0.29, 0.717) is 0 Å². The van der Waals surface area contributed by atoms with Crippen LogP contribution in [0.5, 0.6) is 0 Å². The highest BCUT2D eigenvalue weighted by Gasteiger charge is 2.21. The van der Waals surface area contributed by atoms with Crippen molar-refractivity contribution in [2.24, 2.45) is 5.92 Å². The van der Waals surface area contributed by atoms with Crippen molar-refractivity contribution < 1.29 is 9.47 Å². The Kier molecular flexibility index (Phi) is 32.3. The van der Waals surface area contributed by atoms with E-state index in [4.69, 9.17) is 9.47 Å². The molecule has 0 aromatic rings. The van der Waals surface area contributed by atoms with Crippen molar-refractivity contribution in [1.29, 1.82) is 0 Å². The van der Waals surface area contributed by atoms with Crippen molar-refractivity contribution in [2.75, 3.05) is 26.8 Å². The van der Waals surface area contributed by atoms with Gasteiger partial charge in [-0.15, -0.1) is 0 Å². The lowest BCUT2D eigenvalue weighted by molar-refractivity contribution is -0.0616. The molecule has 0 radical (unpaired) electrons. The van der Waals surface area contributed by atoms with Gasteiger partial charge >= 0.3 is 0 Å². The second kappa shape index (κ2) is 32.4. The fourth-order valence-electron chi connectivity index (χ4n) is 6.59. The summed E-state index contributed by atoms with van der Waals surface area (Å²) >= 11 is 0. The topological polar surface area (TPSA) is 30.5 Å². The van der Waals surface area contributed by atoms with E-state index in [1.807, 2.05) is 0 Å². The second-order valence-electron chi connectivity index (χ2n) is 15.9. The van der Waals surface area contributed by atoms with Crippen LogP contribution in [0.1, 0.15) is 228 Å². The first kappa shape index (κ1) is 44.9. The molecule has 0 saturated heterocycles. The zero-order chi connectivity index (χ0) is 33.3. The molecule has 0 spiro atoms. The molecule has 3 heteroatoms. The minimum Gasteiger partial charge on any atom is -0.379 e. The summed E-state index contributed by atoms with van der Waals surface area (Å²) < 4.78 is 11.8. The summed E-state index contributed by atoms with van der Waals surface area (Å²) in [4.78, 5) is 0. The Balaban J connectivity index is 4.17. The molecule has 272 valence electrons. The number of unbranched alkanes of at least 4 members (excludes halogenated alkanes) is 22. The van der Waals surface area contributed by atoms with Gasteiger partial charge in [-0.05, 0) is 78.8 Å². The van der Waals surface area contributed by atoms with Gasteiger partial charge in [0, 0.05) is 7.11 Å². The Hall–Kier alpha value is -0.120. The van der Waals surface area contributed by atoms with Crippen LogP contribution < -0.4 is 5.32 Å². The van der Waals surface area contributed by atoms with Gasteiger partial charge in [0.15, 0.2) is 0 Å². The van der Waals surface area contributed by atoms with E-state index >= 15 is 0 Å². The third-order valence-corrected chi connectivity index (χ3v) is 10.2. The van der Waals surface area contributed by atoms with E-state index in [1.165, 1.54) is 180 Å². The van der Waals surface area contributed by atoms with Crippen molar-refractivity contribution in [2.45, 2.75) is 239 Å². The predicted octanol–water partition coefficient (Wildman–Crippen LogP) is 13.8. The average molecular weight is 638 g/mol. The van der Waals surface area contributed by atoms with Gasteiger partial charge in [0.2, 0.25) is 0 Å². The van der Waals surface area contributed by atoms with Gasteiger partial charge in [0.25, 0.3) is 0 Å². The highest BCUT2D eigenvalue weighted by Crippen LogP contribution is 2.22. The summed E-state index contributed by atoms with van der Waals surface area (Å²) in [6.07, 6.45) is 40.7. The first-order chi connectivity index (χ1) is 21.8. The molecule has 0 heterocycles. The van der Waals surface area contributed by atoms with Crippen molar-refractivity contribution in [3.8, 4) is 0 Å². The second-order valence-corrected chi connectivity index (χ2v) is 15.9. The number of methoxy groups -OCH3 is 1. The van der Waals surface area contributed by atoms with Crippen LogP contribution in [0.4, 0.5) is 0 Å². The summed E-state index contributed by atoms with van der Waals surface area (Å²) in [5, 5.41) is 3.86. The van der Waals surface area contributed by atoms with Gasteiger partial charge in [-0.3, -0.25) is 0 Å². The maximum absolute atomic E-state index is 6.24. The van der Waals surface area contributed by atoms with E-state index < -0.39 is 0 Å². The number of ether oxygens (including phenoxy) is 2. The highest BCUT2D eigenvalue weighted by molar-refractivity contribution is 4.73. The van der Waals surface area contributed by atoms with E-state index in [1.54, 1.807) is 7.11 Å². The summed E-state index contributed by atoms with van der Waals surface area (Å²) in [6.45, 7) is 16.5. The summed E-state index contributed by atoms with van der Waals surface area (Å²) in [6, 6.07) is 0. The van der Waals surface area contributed by atoms with Gasteiger partial charge in [-0.25, -0.2) is 0 Å². The quantitative estimate of drug-likeness (QED) is 0.0687. The molecule has 0 aliphatic carbocycles. The van der Waals surface area contributed by atoms with Crippen molar-refractivity contribution in [1.82, 2.24) is 5.32 Å². The monoisotopic (exact) mass is 638 g/mol. The fourth-order valence-corrected chi connectivity index (χ4v) is 6.59. The molecule has 0 aliphatic heterocycles. The van der Waals surface area contributed by atoms with E-state index in [2.05, 4.69) is 46.9 Å². The Morgan fingerprint density at radius 1 is 0.467 bits per heavy atom. The summed E-state index contributed by atoms with van der Waals surface area (Å²) in [5.41, 5.74) is -0.164. The Morgan fingerprint density at radius 2 is 0.844 bits per heavy atom. The third-order valence-electron chi connectivity index (χ3n) is 10.2. The Morgan fingerprint density at radius 3 is 1.22 bits per heavy atom. The van der Waals surface area contributed by atoms with Gasteiger partial charge in [0.05, 0.1) is 17.8 Å². The van der Waals surface area contributed by atoms with Crippen molar-refractivity contribution in [3.05, 3.63) is 0 Å². The van der Waals surface area contributed by atoms with Crippen LogP contribution in [0.2, 0.25) is 0 Å². The van der Waals surface area contributed by atoms with Gasteiger partial charge < -0.3 is 14.8 Å². The van der Waals surface area contributed by atoms with Gasteiger partial charge in [0.1, 0.15) is 0 Å². The van der Waals surface area contributed by atoms with Crippen LogP contribution in [-0.4, -0.2) is 38.0 Å². The summed E-state index contributed by atoms with van der Waals surface area (Å²) in [5.74, 6) is 0.858. The molecule has 0 rings (SSSR count). The summed E-state index contributed by atoms with van der Waals surface area (Å²) in [7, 11) is 1.79. The SMILES string of the molecule is CCCCCCCCCCCCCCC(CCCCCCCCCCCCCC)CNCCCC(C)(C)OCCC(C)(C)OC. The normalized spacial score (nSPS) is 12.5. The smallest absolute Gasteiger partial charge is 0.0644 e. The Labute approximate surface area is 285 Å².